The van der Waals surface area contributed by atoms with Crippen molar-refractivity contribution in [3.05, 3.63) is 35.4 Å². The molecule has 4 nitrogen and oxygen atoms in total. The Hall–Kier alpha value is -2.05. The highest BCUT2D eigenvalue weighted by atomic mass is 19.4. The number of oxime groups is 1. The van der Waals surface area contributed by atoms with Gasteiger partial charge in [-0.15, -0.1) is 0 Å². The molecule has 0 saturated heterocycles. The Balaban J connectivity index is 2.11. The molecular weight excluding hydrogens is 251 g/mol. The number of aliphatic carboxylic acids is 1. The first-order valence-electron chi connectivity index (χ1n) is 4.99. The Morgan fingerprint density at radius 3 is 2.39 bits per heavy atom. The van der Waals surface area contributed by atoms with Gasteiger partial charge in [-0.2, -0.15) is 13.2 Å². The minimum absolute atomic E-state index is 0.0201. The smallest absolute Gasteiger partial charge is 0.416 e. The fraction of sp³-hybridized carbons (Fsp3) is 0.273. The summed E-state index contributed by atoms with van der Waals surface area (Å²) < 4.78 is 37.0. The number of benzene rings is 1. The number of halogens is 3. The van der Waals surface area contributed by atoms with Gasteiger partial charge < -0.3 is 14.7 Å². The molecule has 0 aromatic heterocycles. The van der Waals surface area contributed by atoms with Crippen LogP contribution < -0.4 is 5.11 Å². The quantitative estimate of drug-likeness (QED) is 0.802. The highest BCUT2D eigenvalue weighted by Crippen LogP contribution is 2.32. The molecule has 18 heavy (non-hydrogen) atoms. The predicted molar refractivity (Wildman–Crippen MR) is 52.3 cm³/mol. The Morgan fingerprint density at radius 1 is 1.33 bits per heavy atom. The maximum atomic E-state index is 12.3. The van der Waals surface area contributed by atoms with Gasteiger partial charge in [-0.05, 0) is 17.7 Å². The molecule has 0 radical (unpaired) electrons. The first-order chi connectivity index (χ1) is 8.38. The Bertz CT molecular complexity index is 493. The summed E-state index contributed by atoms with van der Waals surface area (Å²) in [5.41, 5.74) is -0.590. The van der Waals surface area contributed by atoms with Gasteiger partial charge in [-0.3, -0.25) is 0 Å². The van der Waals surface area contributed by atoms with Crippen molar-refractivity contribution in [2.24, 2.45) is 5.16 Å². The van der Waals surface area contributed by atoms with Gasteiger partial charge in [0, 0.05) is 6.42 Å². The molecule has 1 unspecified atom stereocenters. The normalized spacial score (nSPS) is 19.3. The van der Waals surface area contributed by atoms with Crippen molar-refractivity contribution in [3.8, 4) is 0 Å². The number of alkyl halides is 3. The van der Waals surface area contributed by atoms with Crippen molar-refractivity contribution in [1.82, 2.24) is 0 Å². The van der Waals surface area contributed by atoms with E-state index in [2.05, 4.69) is 5.16 Å². The SMILES string of the molecule is O=C([O-])C1=NOC(c2ccc(C(F)(F)F)cc2)C1. The van der Waals surface area contributed by atoms with Gasteiger partial charge in [0.05, 0.1) is 11.5 Å². The first-order valence-corrected chi connectivity index (χ1v) is 4.99. The number of carboxylic acids is 1. The number of rotatable bonds is 2. The number of carboxylic acid groups (broad SMARTS) is 1. The van der Waals surface area contributed by atoms with Crippen molar-refractivity contribution in [3.63, 3.8) is 0 Å². The Labute approximate surface area is 99.7 Å². The van der Waals surface area contributed by atoms with E-state index in [0.717, 1.165) is 12.1 Å². The van der Waals surface area contributed by atoms with Crippen LogP contribution in [-0.4, -0.2) is 11.7 Å². The van der Waals surface area contributed by atoms with Gasteiger partial charge in [-0.1, -0.05) is 17.3 Å². The number of nitrogens with zero attached hydrogens (tertiary/aromatic N) is 1. The summed E-state index contributed by atoms with van der Waals surface area (Å²) in [6, 6.07) is 4.30. The summed E-state index contributed by atoms with van der Waals surface area (Å²) in [6.45, 7) is 0. The lowest BCUT2D eigenvalue weighted by Crippen LogP contribution is -2.30. The molecule has 1 heterocycles. The van der Waals surface area contributed by atoms with Crippen molar-refractivity contribution < 1.29 is 27.9 Å². The molecule has 1 atom stereocenters. The molecule has 1 aromatic carbocycles. The van der Waals surface area contributed by atoms with Crippen LogP contribution in [0.1, 0.15) is 23.7 Å². The maximum Gasteiger partial charge on any atom is 0.416 e. The average molecular weight is 258 g/mol. The minimum Gasteiger partial charge on any atom is -0.543 e. The van der Waals surface area contributed by atoms with E-state index >= 15 is 0 Å². The molecule has 0 spiro atoms. The van der Waals surface area contributed by atoms with Crippen LogP contribution in [0.3, 0.4) is 0 Å². The van der Waals surface area contributed by atoms with E-state index in [9.17, 15) is 23.1 Å². The molecule has 0 fully saturated rings. The number of hydrogen-bond donors (Lipinski definition) is 0. The summed E-state index contributed by atoms with van der Waals surface area (Å²) in [6.07, 6.45) is -5.10. The van der Waals surface area contributed by atoms with Crippen LogP contribution in [-0.2, 0) is 15.8 Å². The highest BCUT2D eigenvalue weighted by Gasteiger charge is 2.31. The zero-order valence-electron chi connectivity index (χ0n) is 8.90. The van der Waals surface area contributed by atoms with E-state index in [0.29, 0.717) is 5.56 Å². The summed E-state index contributed by atoms with van der Waals surface area (Å²) in [5.74, 6) is -1.44. The largest absolute Gasteiger partial charge is 0.543 e. The Kier molecular flexibility index (Phi) is 2.98. The molecule has 1 aromatic rings. The van der Waals surface area contributed by atoms with Gasteiger partial charge in [0.2, 0.25) is 0 Å². The minimum atomic E-state index is -4.40. The van der Waals surface area contributed by atoms with E-state index < -0.39 is 23.8 Å². The standard InChI is InChI=1S/C11H8F3NO3/c12-11(13,14)7-3-1-6(2-4-7)9-5-8(10(16)17)15-18-9/h1-4,9H,5H2,(H,16,17)/p-1. The second-order valence-corrected chi connectivity index (χ2v) is 3.74. The molecule has 2 rings (SSSR count). The molecule has 1 aliphatic heterocycles. The monoisotopic (exact) mass is 258 g/mol. The second-order valence-electron chi connectivity index (χ2n) is 3.74. The molecule has 0 N–H and O–H groups in total. The molecule has 0 amide bonds. The van der Waals surface area contributed by atoms with E-state index in [1.165, 1.54) is 12.1 Å². The molecule has 1 aliphatic rings. The van der Waals surface area contributed by atoms with Crippen LogP contribution in [0.4, 0.5) is 13.2 Å². The van der Waals surface area contributed by atoms with Gasteiger partial charge in [-0.25, -0.2) is 0 Å². The summed E-state index contributed by atoms with van der Waals surface area (Å²) >= 11 is 0. The third kappa shape index (κ3) is 2.44. The van der Waals surface area contributed by atoms with Crippen molar-refractivity contribution in [1.29, 1.82) is 0 Å². The number of carbonyl (C=O) groups excluding carboxylic acids is 1. The zero-order valence-corrected chi connectivity index (χ0v) is 8.90. The molecular formula is C11H7F3NO3-. The van der Waals surface area contributed by atoms with Crippen LogP contribution in [0, 0.1) is 0 Å². The Morgan fingerprint density at radius 2 is 1.94 bits per heavy atom. The molecule has 0 saturated carbocycles. The lowest BCUT2D eigenvalue weighted by atomic mass is 10.0. The second kappa shape index (κ2) is 4.32. The van der Waals surface area contributed by atoms with Crippen molar-refractivity contribution in [2.45, 2.75) is 18.7 Å². The molecule has 96 valence electrons. The van der Waals surface area contributed by atoms with Crippen LogP contribution >= 0.6 is 0 Å². The van der Waals surface area contributed by atoms with Crippen LogP contribution in [0.15, 0.2) is 29.4 Å². The summed E-state index contributed by atoms with van der Waals surface area (Å²) in [7, 11) is 0. The van der Waals surface area contributed by atoms with Gasteiger partial charge in [0.1, 0.15) is 5.71 Å². The van der Waals surface area contributed by atoms with Crippen molar-refractivity contribution >= 4 is 11.7 Å². The topological polar surface area (TPSA) is 61.7 Å². The zero-order chi connectivity index (χ0) is 13.3. The van der Waals surface area contributed by atoms with E-state index in [4.69, 9.17) is 4.84 Å². The maximum absolute atomic E-state index is 12.3. The van der Waals surface area contributed by atoms with Crippen LogP contribution in [0.2, 0.25) is 0 Å². The first kappa shape index (κ1) is 12.4. The van der Waals surface area contributed by atoms with E-state index in [1.54, 1.807) is 0 Å². The average Bonchev–Trinajstić information content (AvgIpc) is 2.77. The highest BCUT2D eigenvalue weighted by molar-refractivity contribution is 6.34. The van der Waals surface area contributed by atoms with Crippen LogP contribution in [0.25, 0.3) is 0 Å². The fourth-order valence-corrected chi connectivity index (χ4v) is 1.56. The summed E-state index contributed by atoms with van der Waals surface area (Å²) in [4.78, 5) is 15.3. The molecule has 0 aliphatic carbocycles. The van der Waals surface area contributed by atoms with Gasteiger partial charge in [0.15, 0.2) is 6.10 Å². The third-order valence-electron chi connectivity index (χ3n) is 2.51. The molecule has 0 bridgehead atoms. The van der Waals surface area contributed by atoms with E-state index in [1.807, 2.05) is 0 Å². The van der Waals surface area contributed by atoms with Gasteiger partial charge in [0.25, 0.3) is 0 Å². The third-order valence-corrected chi connectivity index (χ3v) is 2.51. The summed E-state index contributed by atoms with van der Waals surface area (Å²) in [5, 5.41) is 13.8. The van der Waals surface area contributed by atoms with Crippen molar-refractivity contribution in [2.75, 3.05) is 0 Å². The molecule has 7 heteroatoms. The van der Waals surface area contributed by atoms with Gasteiger partial charge >= 0.3 is 6.18 Å². The fourth-order valence-electron chi connectivity index (χ4n) is 1.56. The van der Waals surface area contributed by atoms with E-state index in [-0.39, 0.29) is 12.1 Å². The lowest BCUT2D eigenvalue weighted by Gasteiger charge is -2.11. The van der Waals surface area contributed by atoms with Crippen LogP contribution in [0.5, 0.6) is 0 Å². The lowest BCUT2D eigenvalue weighted by molar-refractivity contribution is -0.294. The number of carbonyl (C=O) groups is 1. The number of hydrogen-bond acceptors (Lipinski definition) is 4. The predicted octanol–water partition coefficient (Wildman–Crippen LogP) is 1.27.